The number of nitrogens with zero attached hydrogens (tertiary/aromatic N) is 1. The number of hydrogen-bond donors (Lipinski definition) is 2. The van der Waals surface area contributed by atoms with Gasteiger partial charge in [-0.2, -0.15) is 5.10 Å². The van der Waals surface area contributed by atoms with Crippen molar-refractivity contribution >= 4 is 0 Å². The second kappa shape index (κ2) is 4.60. The fraction of sp³-hybridized carbons (Fsp3) is 0.727. The molecule has 0 spiro atoms. The number of aromatic nitrogens is 2. The monoisotopic (exact) mass is 193 g/mol. The van der Waals surface area contributed by atoms with E-state index in [0.29, 0.717) is 12.5 Å². The Labute approximate surface area is 85.1 Å². The molecule has 1 aliphatic carbocycles. The number of H-pyrrole nitrogens is 1. The van der Waals surface area contributed by atoms with Crippen LogP contribution in [0.1, 0.15) is 55.8 Å². The van der Waals surface area contributed by atoms with Gasteiger partial charge in [-0.25, -0.2) is 0 Å². The first-order valence-corrected chi connectivity index (χ1v) is 5.64. The van der Waals surface area contributed by atoms with Crippen LogP contribution in [0.4, 0.5) is 0 Å². The highest BCUT2D eigenvalue weighted by molar-refractivity contribution is 5.13. The van der Waals surface area contributed by atoms with Crippen LogP contribution in [0.25, 0.3) is 0 Å². The summed E-state index contributed by atoms with van der Waals surface area (Å²) in [6.45, 7) is 0.569. The van der Waals surface area contributed by atoms with E-state index in [2.05, 4.69) is 16.3 Å². The number of hydrogen-bond acceptors (Lipinski definition) is 2. The van der Waals surface area contributed by atoms with Gasteiger partial charge in [0.1, 0.15) is 0 Å². The number of nitrogens with one attached hydrogen (secondary N) is 1. The minimum Gasteiger partial charge on any atom is -0.325 e. The van der Waals surface area contributed by atoms with Crippen LogP contribution < -0.4 is 5.73 Å². The van der Waals surface area contributed by atoms with Crippen molar-refractivity contribution in [2.75, 3.05) is 0 Å². The van der Waals surface area contributed by atoms with Gasteiger partial charge in [0.05, 0.1) is 5.69 Å². The van der Waals surface area contributed by atoms with Crippen molar-refractivity contribution in [3.8, 4) is 0 Å². The number of aromatic amines is 1. The minimum atomic E-state index is 0.569. The fourth-order valence-corrected chi connectivity index (χ4v) is 2.27. The van der Waals surface area contributed by atoms with Crippen LogP contribution in [0, 0.1) is 0 Å². The van der Waals surface area contributed by atoms with Gasteiger partial charge in [0.2, 0.25) is 0 Å². The van der Waals surface area contributed by atoms with E-state index < -0.39 is 0 Å². The van der Waals surface area contributed by atoms with Gasteiger partial charge in [-0.3, -0.25) is 5.10 Å². The summed E-state index contributed by atoms with van der Waals surface area (Å²) >= 11 is 0. The zero-order chi connectivity index (χ0) is 9.80. The third-order valence-electron chi connectivity index (χ3n) is 3.14. The summed E-state index contributed by atoms with van der Waals surface area (Å²) in [7, 11) is 0. The Kier molecular flexibility index (Phi) is 3.19. The van der Waals surface area contributed by atoms with E-state index in [0.717, 1.165) is 5.69 Å². The van der Waals surface area contributed by atoms with E-state index in [4.69, 9.17) is 5.73 Å². The van der Waals surface area contributed by atoms with Crippen LogP contribution in [0.3, 0.4) is 0 Å². The molecule has 0 radical (unpaired) electrons. The maximum Gasteiger partial charge on any atom is 0.0656 e. The quantitative estimate of drug-likeness (QED) is 0.708. The molecule has 1 aromatic heterocycles. The molecule has 1 heterocycles. The molecule has 0 saturated heterocycles. The molecule has 0 amide bonds. The zero-order valence-electron chi connectivity index (χ0n) is 8.63. The Morgan fingerprint density at radius 2 is 2.00 bits per heavy atom. The minimum absolute atomic E-state index is 0.569. The lowest BCUT2D eigenvalue weighted by Gasteiger charge is -2.09. The lowest BCUT2D eigenvalue weighted by atomic mass is 9.96. The lowest BCUT2D eigenvalue weighted by molar-refractivity contribution is 0.576. The van der Waals surface area contributed by atoms with E-state index in [1.807, 2.05) is 0 Å². The average molecular weight is 193 g/mol. The maximum atomic E-state index is 5.55. The smallest absolute Gasteiger partial charge is 0.0656 e. The molecule has 0 unspecified atom stereocenters. The Hall–Kier alpha value is -0.830. The molecule has 0 atom stereocenters. The Balaban J connectivity index is 2.04. The molecule has 1 fully saturated rings. The Morgan fingerprint density at radius 1 is 1.29 bits per heavy atom. The summed E-state index contributed by atoms with van der Waals surface area (Å²) in [4.78, 5) is 0. The van der Waals surface area contributed by atoms with Gasteiger partial charge in [0.25, 0.3) is 0 Å². The molecule has 1 aliphatic rings. The van der Waals surface area contributed by atoms with E-state index in [9.17, 15) is 0 Å². The first-order chi connectivity index (χ1) is 6.90. The van der Waals surface area contributed by atoms with Crippen LogP contribution in [0.2, 0.25) is 0 Å². The number of nitrogens with two attached hydrogens (primary N) is 1. The van der Waals surface area contributed by atoms with Crippen molar-refractivity contribution in [2.24, 2.45) is 5.73 Å². The standard InChI is InChI=1S/C11H19N3/c12-8-10-7-11(14-13-10)9-5-3-1-2-4-6-9/h7,9H,1-6,8,12H2,(H,13,14). The summed E-state index contributed by atoms with van der Waals surface area (Å²) < 4.78 is 0. The average Bonchev–Trinajstić information content (AvgIpc) is 2.53. The molecule has 0 bridgehead atoms. The van der Waals surface area contributed by atoms with E-state index in [1.165, 1.54) is 44.2 Å². The summed E-state index contributed by atoms with van der Waals surface area (Å²) in [5, 5.41) is 7.35. The molecule has 2 rings (SSSR count). The normalized spacial score (nSPS) is 19.5. The van der Waals surface area contributed by atoms with Crippen LogP contribution in [-0.4, -0.2) is 10.2 Å². The predicted molar refractivity (Wildman–Crippen MR) is 56.9 cm³/mol. The zero-order valence-corrected chi connectivity index (χ0v) is 8.63. The molecule has 0 aliphatic heterocycles. The Bertz CT molecular complexity index is 272. The molecule has 0 aromatic carbocycles. The third-order valence-corrected chi connectivity index (χ3v) is 3.14. The summed E-state index contributed by atoms with van der Waals surface area (Å²) in [6, 6.07) is 2.13. The van der Waals surface area contributed by atoms with E-state index >= 15 is 0 Å². The molecule has 14 heavy (non-hydrogen) atoms. The van der Waals surface area contributed by atoms with Crippen LogP contribution >= 0.6 is 0 Å². The van der Waals surface area contributed by atoms with Gasteiger partial charge >= 0.3 is 0 Å². The summed E-state index contributed by atoms with van der Waals surface area (Å²) in [5.41, 5.74) is 7.84. The largest absolute Gasteiger partial charge is 0.325 e. The SMILES string of the molecule is NCc1cc(C2CCCCCC2)n[nH]1. The lowest BCUT2D eigenvalue weighted by Crippen LogP contribution is -1.97. The maximum absolute atomic E-state index is 5.55. The highest BCUT2D eigenvalue weighted by Crippen LogP contribution is 2.30. The Morgan fingerprint density at radius 3 is 2.57 bits per heavy atom. The molecular formula is C11H19N3. The summed E-state index contributed by atoms with van der Waals surface area (Å²) in [6.07, 6.45) is 8.10. The van der Waals surface area contributed by atoms with Gasteiger partial charge in [-0.05, 0) is 18.9 Å². The van der Waals surface area contributed by atoms with Crippen molar-refractivity contribution in [3.05, 3.63) is 17.5 Å². The molecule has 3 nitrogen and oxygen atoms in total. The van der Waals surface area contributed by atoms with Gasteiger partial charge in [-0.1, -0.05) is 25.7 Å². The third kappa shape index (κ3) is 2.15. The second-order valence-electron chi connectivity index (χ2n) is 4.21. The molecular weight excluding hydrogens is 174 g/mol. The fourth-order valence-electron chi connectivity index (χ4n) is 2.27. The number of rotatable bonds is 2. The van der Waals surface area contributed by atoms with Crippen molar-refractivity contribution in [1.29, 1.82) is 0 Å². The van der Waals surface area contributed by atoms with Gasteiger partial charge in [0, 0.05) is 18.2 Å². The van der Waals surface area contributed by atoms with Crippen molar-refractivity contribution in [3.63, 3.8) is 0 Å². The first kappa shape index (κ1) is 9.71. The van der Waals surface area contributed by atoms with Crippen LogP contribution in [0.15, 0.2) is 6.07 Å². The highest BCUT2D eigenvalue weighted by Gasteiger charge is 2.16. The summed E-state index contributed by atoms with van der Waals surface area (Å²) in [5.74, 6) is 0.675. The van der Waals surface area contributed by atoms with Crippen LogP contribution in [-0.2, 0) is 6.54 Å². The van der Waals surface area contributed by atoms with Crippen molar-refractivity contribution in [1.82, 2.24) is 10.2 Å². The molecule has 78 valence electrons. The van der Waals surface area contributed by atoms with Gasteiger partial charge < -0.3 is 5.73 Å². The molecule has 3 N–H and O–H groups in total. The van der Waals surface area contributed by atoms with E-state index in [1.54, 1.807) is 0 Å². The molecule has 1 aromatic rings. The van der Waals surface area contributed by atoms with Crippen LogP contribution in [0.5, 0.6) is 0 Å². The molecule has 1 saturated carbocycles. The molecule has 3 heteroatoms. The first-order valence-electron chi connectivity index (χ1n) is 5.64. The van der Waals surface area contributed by atoms with E-state index in [-0.39, 0.29) is 0 Å². The van der Waals surface area contributed by atoms with Crippen molar-refractivity contribution < 1.29 is 0 Å². The van der Waals surface area contributed by atoms with Gasteiger partial charge in [0.15, 0.2) is 0 Å². The second-order valence-corrected chi connectivity index (χ2v) is 4.21. The predicted octanol–water partition coefficient (Wildman–Crippen LogP) is 2.31. The van der Waals surface area contributed by atoms with Crippen molar-refractivity contribution in [2.45, 2.75) is 51.0 Å². The topological polar surface area (TPSA) is 54.7 Å². The van der Waals surface area contributed by atoms with Gasteiger partial charge in [-0.15, -0.1) is 0 Å². The highest BCUT2D eigenvalue weighted by atomic mass is 15.1.